The summed E-state index contributed by atoms with van der Waals surface area (Å²) in [5, 5.41) is 1.36. The van der Waals surface area contributed by atoms with E-state index >= 15 is 0 Å². The molecule has 0 aliphatic heterocycles. The fraction of sp³-hybridized carbons (Fsp3) is 0.469. The van der Waals surface area contributed by atoms with Gasteiger partial charge in [0.25, 0.3) is 16.7 Å². The normalized spacial score (nSPS) is 10.4. The maximum Gasteiger partial charge on any atom is 0.326 e. The Morgan fingerprint density at radius 3 is 1.64 bits per heavy atom. The number of nitrogens with zero attached hydrogens (tertiary/aromatic N) is 2. The van der Waals surface area contributed by atoms with Crippen molar-refractivity contribution in [1.29, 1.82) is 0 Å². The summed E-state index contributed by atoms with van der Waals surface area (Å²) in [4.78, 5) is 61.4. The molecule has 0 radical (unpaired) electrons. The third-order valence-electron chi connectivity index (χ3n) is 6.29. The van der Waals surface area contributed by atoms with Gasteiger partial charge in [-0.25, -0.2) is 0 Å². The van der Waals surface area contributed by atoms with Crippen molar-refractivity contribution in [3.8, 4) is 0 Å². The number of carbonyl (C=O) groups excluding carboxylic acids is 2. The number of pyridine rings is 3. The standard InChI is InChI=1S/C14H21NO3S.C11H14ClNO3.C7H8ClNO/c1-6-18-13(16)8-15-10(4)7-12(19-9(2)3)11(5)14(15)17;1-4-16-10(14)6-13-7(2)5-9(12)8(3)11(13)15;1-4-3-6(8)5(2)7(10)9-4/h7,9H,6,8H2,1-5H3;5H,4,6H2,1-3H3;3H,1-2H3,(H,9,10). The number of esters is 2. The van der Waals surface area contributed by atoms with Gasteiger partial charge in [0.15, 0.2) is 0 Å². The Balaban J connectivity index is 0.000000353. The summed E-state index contributed by atoms with van der Waals surface area (Å²) in [5.41, 5.74) is 3.46. The van der Waals surface area contributed by atoms with Crippen LogP contribution in [0.25, 0.3) is 0 Å². The van der Waals surface area contributed by atoms with Crippen molar-refractivity contribution in [2.24, 2.45) is 0 Å². The Labute approximate surface area is 278 Å². The van der Waals surface area contributed by atoms with Crippen molar-refractivity contribution >= 4 is 46.9 Å². The number of carbonyl (C=O) groups is 2. The zero-order chi connectivity index (χ0) is 34.6. The van der Waals surface area contributed by atoms with Crippen LogP contribution in [0.15, 0.2) is 37.5 Å². The van der Waals surface area contributed by atoms with Gasteiger partial charge in [0.2, 0.25) is 0 Å². The first-order chi connectivity index (χ1) is 20.9. The second-order valence-corrected chi connectivity index (χ2v) is 12.8. The Morgan fingerprint density at radius 1 is 0.756 bits per heavy atom. The number of thioether (sulfide) groups is 1. The summed E-state index contributed by atoms with van der Waals surface area (Å²) in [6.07, 6.45) is 0. The average Bonchev–Trinajstić information content (AvgIpc) is 2.94. The molecule has 3 aromatic heterocycles. The minimum Gasteiger partial charge on any atom is -0.465 e. The van der Waals surface area contributed by atoms with Crippen molar-refractivity contribution in [1.82, 2.24) is 14.1 Å². The van der Waals surface area contributed by atoms with Crippen molar-refractivity contribution in [2.75, 3.05) is 13.2 Å². The van der Waals surface area contributed by atoms with E-state index in [2.05, 4.69) is 18.8 Å². The fourth-order valence-corrected chi connectivity index (χ4v) is 5.33. The van der Waals surface area contributed by atoms with Crippen LogP contribution in [0.5, 0.6) is 0 Å². The number of hydrogen-bond donors (Lipinski definition) is 1. The van der Waals surface area contributed by atoms with Crippen LogP contribution >= 0.6 is 35.0 Å². The smallest absolute Gasteiger partial charge is 0.326 e. The van der Waals surface area contributed by atoms with E-state index < -0.39 is 5.97 Å². The Bertz CT molecular complexity index is 1680. The summed E-state index contributed by atoms with van der Waals surface area (Å²) in [5.74, 6) is -0.800. The predicted molar refractivity (Wildman–Crippen MR) is 181 cm³/mol. The molecule has 0 fully saturated rings. The molecule has 0 aromatic carbocycles. The summed E-state index contributed by atoms with van der Waals surface area (Å²) >= 11 is 13.2. The van der Waals surface area contributed by atoms with E-state index in [4.69, 9.17) is 32.7 Å². The third-order valence-corrected chi connectivity index (χ3v) is 8.22. The Morgan fingerprint density at radius 2 is 1.20 bits per heavy atom. The van der Waals surface area contributed by atoms with Crippen LogP contribution in [0.1, 0.15) is 61.5 Å². The number of nitrogens with one attached hydrogen (secondary N) is 1. The van der Waals surface area contributed by atoms with Crippen LogP contribution in [-0.2, 0) is 32.2 Å². The Hall–Kier alpha value is -3.28. The van der Waals surface area contributed by atoms with Gasteiger partial charge in [-0.05, 0) is 73.6 Å². The second kappa shape index (κ2) is 18.6. The summed E-state index contributed by atoms with van der Waals surface area (Å²) < 4.78 is 12.5. The molecule has 0 bridgehead atoms. The maximum atomic E-state index is 12.3. The van der Waals surface area contributed by atoms with Crippen molar-refractivity contribution in [2.45, 2.75) is 92.5 Å². The van der Waals surface area contributed by atoms with Gasteiger partial charge < -0.3 is 23.6 Å². The van der Waals surface area contributed by atoms with Crippen molar-refractivity contribution in [3.05, 3.63) is 93.1 Å². The molecule has 45 heavy (non-hydrogen) atoms. The molecule has 0 amide bonds. The van der Waals surface area contributed by atoms with Crippen molar-refractivity contribution < 1.29 is 19.1 Å². The minimum absolute atomic E-state index is 0.0219. The first-order valence-corrected chi connectivity index (χ1v) is 16.0. The molecular formula is C32H43Cl2N3O7S. The maximum absolute atomic E-state index is 12.3. The van der Waals surface area contributed by atoms with E-state index in [0.29, 0.717) is 50.9 Å². The van der Waals surface area contributed by atoms with Gasteiger partial charge in [0.05, 0.1) is 23.3 Å². The molecule has 3 heterocycles. The molecule has 0 aliphatic rings. The molecule has 0 saturated heterocycles. The number of hydrogen-bond acceptors (Lipinski definition) is 8. The van der Waals surface area contributed by atoms with Crippen LogP contribution in [-0.4, -0.2) is 44.5 Å². The topological polar surface area (TPSA) is 129 Å². The summed E-state index contributed by atoms with van der Waals surface area (Å²) in [6.45, 7) is 18.7. The average molecular weight is 685 g/mol. The minimum atomic E-state index is -0.422. The number of aromatic nitrogens is 3. The summed E-state index contributed by atoms with van der Waals surface area (Å²) in [6, 6.07) is 5.36. The highest BCUT2D eigenvalue weighted by Gasteiger charge is 2.14. The third kappa shape index (κ3) is 12.2. The highest BCUT2D eigenvalue weighted by molar-refractivity contribution is 8.00. The highest BCUT2D eigenvalue weighted by atomic mass is 35.5. The number of halogens is 2. The van der Waals surface area contributed by atoms with Crippen LogP contribution in [0, 0.1) is 41.5 Å². The first kappa shape index (κ1) is 39.7. The molecule has 3 aromatic rings. The summed E-state index contributed by atoms with van der Waals surface area (Å²) in [7, 11) is 0. The molecule has 0 unspecified atom stereocenters. The zero-order valence-electron chi connectivity index (χ0n) is 27.6. The van der Waals surface area contributed by atoms with Crippen LogP contribution in [0.3, 0.4) is 0 Å². The number of H-pyrrole nitrogens is 1. The molecular weight excluding hydrogens is 641 g/mol. The van der Waals surface area contributed by atoms with Crippen LogP contribution in [0.4, 0.5) is 0 Å². The lowest BCUT2D eigenvalue weighted by molar-refractivity contribution is -0.144. The van der Waals surface area contributed by atoms with Gasteiger partial charge >= 0.3 is 11.9 Å². The lowest BCUT2D eigenvalue weighted by Gasteiger charge is -2.14. The number of rotatable bonds is 8. The number of aromatic amines is 1. The monoisotopic (exact) mass is 683 g/mol. The first-order valence-electron chi connectivity index (χ1n) is 14.4. The van der Waals surface area contributed by atoms with Gasteiger partial charge in [0, 0.05) is 43.9 Å². The Kier molecular flexibility index (Phi) is 16.5. The van der Waals surface area contributed by atoms with Crippen molar-refractivity contribution in [3.63, 3.8) is 0 Å². The van der Waals surface area contributed by atoms with E-state index in [-0.39, 0.29) is 35.7 Å². The predicted octanol–water partition coefficient (Wildman–Crippen LogP) is 5.86. The molecule has 0 saturated carbocycles. The molecule has 13 heteroatoms. The van der Waals surface area contributed by atoms with E-state index in [1.807, 2.05) is 13.0 Å². The fourth-order valence-electron chi connectivity index (χ4n) is 3.83. The van der Waals surface area contributed by atoms with Gasteiger partial charge in [-0.1, -0.05) is 37.0 Å². The van der Waals surface area contributed by atoms with Gasteiger partial charge in [-0.2, -0.15) is 0 Å². The molecule has 0 atom stereocenters. The molecule has 3 rings (SSSR count). The van der Waals surface area contributed by atoms with E-state index in [1.54, 1.807) is 72.4 Å². The second-order valence-electron chi connectivity index (χ2n) is 10.3. The lowest BCUT2D eigenvalue weighted by atomic mass is 10.2. The van der Waals surface area contributed by atoms with Gasteiger partial charge in [0.1, 0.15) is 13.1 Å². The van der Waals surface area contributed by atoms with Gasteiger partial charge in [-0.3, -0.25) is 24.0 Å². The molecule has 1 N–H and O–H groups in total. The van der Waals surface area contributed by atoms with Crippen LogP contribution < -0.4 is 16.7 Å². The molecule has 0 spiro atoms. The van der Waals surface area contributed by atoms with Crippen LogP contribution in [0.2, 0.25) is 10.0 Å². The molecule has 0 aliphatic carbocycles. The van der Waals surface area contributed by atoms with E-state index in [0.717, 1.165) is 16.3 Å². The quantitative estimate of drug-likeness (QED) is 0.231. The largest absolute Gasteiger partial charge is 0.465 e. The van der Waals surface area contributed by atoms with E-state index in [9.17, 15) is 24.0 Å². The number of aryl methyl sites for hydroxylation is 3. The molecule has 10 nitrogen and oxygen atoms in total. The molecule has 248 valence electrons. The zero-order valence-corrected chi connectivity index (χ0v) is 29.9. The lowest BCUT2D eigenvalue weighted by Crippen LogP contribution is -2.29. The SMILES string of the molecule is CCOC(=O)Cn1c(C)cc(Cl)c(C)c1=O.CCOC(=O)Cn1c(C)cc(SC(C)C)c(C)c1=O.Cc1cc(Cl)c(C)c(=O)[nH]1. The number of ether oxygens (including phenoxy) is 2. The highest BCUT2D eigenvalue weighted by Crippen LogP contribution is 2.25. The van der Waals surface area contributed by atoms with E-state index in [1.165, 1.54) is 9.13 Å². The van der Waals surface area contributed by atoms with Gasteiger partial charge in [-0.15, -0.1) is 11.8 Å².